The molecule has 21 heavy (non-hydrogen) atoms. The van der Waals surface area contributed by atoms with Crippen LogP contribution < -0.4 is 16.0 Å². The third-order valence-electron chi connectivity index (χ3n) is 2.14. The van der Waals surface area contributed by atoms with E-state index in [1.165, 1.54) is 25.2 Å². The summed E-state index contributed by atoms with van der Waals surface area (Å²) in [5.41, 5.74) is 0. The highest BCUT2D eigenvalue weighted by atomic mass is 16.2. The summed E-state index contributed by atoms with van der Waals surface area (Å²) >= 11 is 0. The zero-order chi connectivity index (χ0) is 15.6. The molecule has 0 unspecified atom stereocenters. The minimum absolute atomic E-state index is 0.0185. The second-order valence-electron chi connectivity index (χ2n) is 4.07. The van der Waals surface area contributed by atoms with Crippen LogP contribution in [0.15, 0.2) is 0 Å². The van der Waals surface area contributed by atoms with Gasteiger partial charge in [-0.25, -0.2) is 4.40 Å². The van der Waals surface area contributed by atoms with Crippen LogP contribution in [0, 0.1) is 0 Å². The van der Waals surface area contributed by atoms with E-state index in [2.05, 4.69) is 36.1 Å². The average molecular weight is 292 g/mol. The lowest BCUT2D eigenvalue weighted by Gasteiger charge is -2.08. The predicted octanol–water partition coefficient (Wildman–Crippen LogP) is -0.605. The fraction of sp³-hybridized carbons (Fsp3) is 0.300. The molecule has 3 amide bonds. The van der Waals surface area contributed by atoms with Crippen molar-refractivity contribution in [3.05, 3.63) is 0 Å². The molecule has 0 radical (unpaired) electrons. The molecular formula is C10H12N8O3. The first kappa shape index (κ1) is 14.3. The fourth-order valence-electron chi connectivity index (χ4n) is 1.51. The number of nitrogens with one attached hydrogen (secondary N) is 3. The Labute approximate surface area is 118 Å². The first-order chi connectivity index (χ1) is 9.86. The van der Waals surface area contributed by atoms with Crippen LogP contribution in [0.25, 0.3) is 5.78 Å². The quantitative estimate of drug-likeness (QED) is 0.684. The first-order valence-electron chi connectivity index (χ1n) is 5.82. The Morgan fingerprint density at radius 2 is 1.38 bits per heavy atom. The van der Waals surface area contributed by atoms with E-state index in [9.17, 15) is 14.4 Å². The fourth-order valence-corrected chi connectivity index (χ4v) is 1.51. The zero-order valence-corrected chi connectivity index (χ0v) is 11.5. The van der Waals surface area contributed by atoms with Gasteiger partial charge in [-0.15, -0.1) is 10.2 Å². The third kappa shape index (κ3) is 3.26. The summed E-state index contributed by atoms with van der Waals surface area (Å²) in [5, 5.41) is 14.8. The Balaban J connectivity index is 2.58. The third-order valence-corrected chi connectivity index (χ3v) is 2.14. The first-order valence-corrected chi connectivity index (χ1v) is 5.82. The Hall–Kier alpha value is -3.11. The van der Waals surface area contributed by atoms with Crippen LogP contribution in [0.3, 0.4) is 0 Å². The second-order valence-corrected chi connectivity index (χ2v) is 4.07. The van der Waals surface area contributed by atoms with Crippen molar-refractivity contribution in [3.8, 4) is 0 Å². The number of carbonyl (C=O) groups is 3. The van der Waals surface area contributed by atoms with Crippen LogP contribution in [0.4, 0.5) is 17.8 Å². The van der Waals surface area contributed by atoms with Gasteiger partial charge in [0.2, 0.25) is 35.6 Å². The number of amides is 3. The topological polar surface area (TPSA) is 143 Å². The normalized spacial score (nSPS) is 10.2. The van der Waals surface area contributed by atoms with Gasteiger partial charge in [-0.05, 0) is 0 Å². The Morgan fingerprint density at radius 3 is 1.95 bits per heavy atom. The molecule has 0 aromatic carbocycles. The number of hydrogen-bond acceptors (Lipinski definition) is 7. The van der Waals surface area contributed by atoms with Gasteiger partial charge < -0.3 is 0 Å². The molecule has 2 heterocycles. The maximum atomic E-state index is 11.2. The van der Waals surface area contributed by atoms with Crippen molar-refractivity contribution in [2.24, 2.45) is 0 Å². The van der Waals surface area contributed by atoms with Crippen molar-refractivity contribution in [2.75, 3.05) is 16.0 Å². The molecule has 2 aromatic heterocycles. The summed E-state index contributed by atoms with van der Waals surface area (Å²) in [6, 6.07) is 0. The molecule has 0 aliphatic carbocycles. The maximum absolute atomic E-state index is 11.2. The largest absolute Gasteiger partial charge is 0.296 e. The molecule has 2 aromatic rings. The smallest absolute Gasteiger partial charge is 0.262 e. The Bertz CT molecular complexity index is 737. The van der Waals surface area contributed by atoms with E-state index in [0.29, 0.717) is 0 Å². The van der Waals surface area contributed by atoms with Gasteiger partial charge in [0.1, 0.15) is 0 Å². The molecular weight excluding hydrogens is 280 g/mol. The van der Waals surface area contributed by atoms with Crippen LogP contribution >= 0.6 is 0 Å². The number of aromatic nitrogens is 5. The molecule has 0 bridgehead atoms. The summed E-state index contributed by atoms with van der Waals surface area (Å²) in [6.07, 6.45) is 0. The number of anilines is 3. The van der Waals surface area contributed by atoms with Gasteiger partial charge >= 0.3 is 0 Å². The van der Waals surface area contributed by atoms with Gasteiger partial charge in [0.15, 0.2) is 0 Å². The molecule has 110 valence electrons. The summed E-state index contributed by atoms with van der Waals surface area (Å²) in [7, 11) is 0. The number of hydrogen-bond donors (Lipinski definition) is 3. The van der Waals surface area contributed by atoms with Crippen LogP contribution in [-0.4, -0.2) is 42.3 Å². The van der Waals surface area contributed by atoms with Gasteiger partial charge in [-0.2, -0.15) is 9.97 Å². The van der Waals surface area contributed by atoms with Crippen LogP contribution in [-0.2, 0) is 14.4 Å². The second kappa shape index (κ2) is 5.48. The zero-order valence-electron chi connectivity index (χ0n) is 11.5. The molecule has 0 saturated carbocycles. The molecule has 11 nitrogen and oxygen atoms in total. The minimum atomic E-state index is -0.397. The van der Waals surface area contributed by atoms with Crippen molar-refractivity contribution in [1.29, 1.82) is 0 Å². The van der Waals surface area contributed by atoms with Gasteiger partial charge in [-0.3, -0.25) is 30.3 Å². The van der Waals surface area contributed by atoms with Crippen molar-refractivity contribution in [2.45, 2.75) is 20.8 Å². The SMILES string of the molecule is CC(=O)Nc1nc(NC(C)=O)n2c(NC(C)=O)nnc2n1. The maximum Gasteiger partial charge on any atom is 0.262 e. The molecule has 0 atom stereocenters. The highest BCUT2D eigenvalue weighted by Gasteiger charge is 2.16. The molecule has 3 N–H and O–H groups in total. The average Bonchev–Trinajstić information content (AvgIpc) is 2.69. The monoisotopic (exact) mass is 292 g/mol. The predicted molar refractivity (Wildman–Crippen MR) is 71.5 cm³/mol. The van der Waals surface area contributed by atoms with Crippen LogP contribution in [0.2, 0.25) is 0 Å². The van der Waals surface area contributed by atoms with Gasteiger partial charge in [0, 0.05) is 20.8 Å². The van der Waals surface area contributed by atoms with Gasteiger partial charge in [0.05, 0.1) is 0 Å². The summed E-state index contributed by atoms with van der Waals surface area (Å²) < 4.78 is 1.24. The van der Waals surface area contributed by atoms with Crippen molar-refractivity contribution < 1.29 is 14.4 Å². The lowest BCUT2D eigenvalue weighted by Crippen LogP contribution is -2.18. The van der Waals surface area contributed by atoms with Crippen LogP contribution in [0.1, 0.15) is 20.8 Å². The Kier molecular flexibility index (Phi) is 3.73. The summed E-state index contributed by atoms with van der Waals surface area (Å²) in [6.45, 7) is 3.87. The van der Waals surface area contributed by atoms with E-state index in [4.69, 9.17) is 0 Å². The number of nitrogens with zero attached hydrogens (tertiary/aromatic N) is 5. The van der Waals surface area contributed by atoms with Gasteiger partial charge in [0.25, 0.3) is 5.78 Å². The molecule has 11 heteroatoms. The number of rotatable bonds is 3. The van der Waals surface area contributed by atoms with E-state index in [1.54, 1.807) is 0 Å². The standard InChI is InChI=1S/C10H12N8O3/c1-4(19)11-7-14-8(12-5(2)20)18-9(13-6(3)21)16-17-10(18)15-7/h1-3H3,(H,13,16,21)(H2,11,12,14,15,17,19,20). The van der Waals surface area contributed by atoms with E-state index < -0.39 is 5.91 Å². The van der Waals surface area contributed by atoms with Crippen LogP contribution in [0.5, 0.6) is 0 Å². The summed E-state index contributed by atoms with van der Waals surface area (Å²) in [4.78, 5) is 41.4. The molecule has 0 spiro atoms. The van der Waals surface area contributed by atoms with E-state index in [-0.39, 0.29) is 35.4 Å². The van der Waals surface area contributed by atoms with Crippen molar-refractivity contribution in [3.63, 3.8) is 0 Å². The summed E-state index contributed by atoms with van der Waals surface area (Å²) in [5.74, 6) is -1.06. The van der Waals surface area contributed by atoms with E-state index in [1.807, 2.05) is 0 Å². The number of carbonyl (C=O) groups excluding carboxylic acids is 3. The molecule has 0 fully saturated rings. The highest BCUT2D eigenvalue weighted by Crippen LogP contribution is 2.15. The van der Waals surface area contributed by atoms with Gasteiger partial charge in [-0.1, -0.05) is 0 Å². The van der Waals surface area contributed by atoms with Crippen molar-refractivity contribution >= 4 is 41.3 Å². The highest BCUT2D eigenvalue weighted by molar-refractivity contribution is 5.90. The van der Waals surface area contributed by atoms with E-state index >= 15 is 0 Å². The molecule has 0 aliphatic heterocycles. The molecule has 2 rings (SSSR count). The van der Waals surface area contributed by atoms with Crippen molar-refractivity contribution in [1.82, 2.24) is 24.6 Å². The lowest BCUT2D eigenvalue weighted by atomic mass is 10.6. The minimum Gasteiger partial charge on any atom is -0.296 e. The molecule has 0 saturated heterocycles. The molecule has 0 aliphatic rings. The Morgan fingerprint density at radius 1 is 0.810 bits per heavy atom. The number of fused-ring (bicyclic) bond motifs is 1. The van der Waals surface area contributed by atoms with E-state index in [0.717, 1.165) is 0 Å². The lowest BCUT2D eigenvalue weighted by molar-refractivity contribution is -0.115.